The van der Waals surface area contributed by atoms with Crippen LogP contribution in [-0.4, -0.2) is 16.1 Å². The fraction of sp³-hybridized carbons (Fsp3) is 0. The maximum atomic E-state index is 13.3. The summed E-state index contributed by atoms with van der Waals surface area (Å²) in [5.41, 5.74) is -0.108. The van der Waals surface area contributed by atoms with Crippen molar-refractivity contribution >= 4 is 32.8 Å². The first kappa shape index (κ1) is 10.0. The van der Waals surface area contributed by atoms with Gasteiger partial charge in [0.2, 0.25) is 0 Å². The van der Waals surface area contributed by atoms with E-state index in [4.69, 9.17) is 5.11 Å². The summed E-state index contributed by atoms with van der Waals surface area (Å²) in [6.45, 7) is 0. The molecule has 0 bridgehead atoms. The quantitative estimate of drug-likeness (QED) is 0.866. The molecular formula is C10H5BrFNO2. The van der Waals surface area contributed by atoms with Crippen LogP contribution in [0.5, 0.6) is 0 Å². The Hall–Kier alpha value is -1.49. The Morgan fingerprint density at radius 2 is 2.07 bits per heavy atom. The van der Waals surface area contributed by atoms with Gasteiger partial charge in [-0.3, -0.25) is 0 Å². The molecule has 0 fully saturated rings. The fourth-order valence-electron chi connectivity index (χ4n) is 1.27. The average molecular weight is 270 g/mol. The Labute approximate surface area is 92.7 Å². The number of carbonyl (C=O) groups is 1. The molecule has 2 aromatic rings. The van der Waals surface area contributed by atoms with Crippen LogP contribution in [0.3, 0.4) is 0 Å². The molecule has 0 spiro atoms. The minimum Gasteiger partial charge on any atom is -0.477 e. The SMILES string of the molecule is O=C(O)c1ccc2c(Br)ccc(F)c2n1. The standard InChI is InChI=1S/C10H5BrFNO2/c11-6-2-3-7(12)9-5(6)1-4-8(13-9)10(14)15/h1-4H,(H,14,15). The van der Waals surface area contributed by atoms with Crippen molar-refractivity contribution in [2.75, 3.05) is 0 Å². The first-order chi connectivity index (χ1) is 7.09. The van der Waals surface area contributed by atoms with E-state index in [9.17, 15) is 9.18 Å². The van der Waals surface area contributed by atoms with E-state index in [0.29, 0.717) is 9.86 Å². The molecule has 2 rings (SSSR count). The number of aromatic carboxylic acids is 1. The molecule has 5 heteroatoms. The molecule has 1 aromatic heterocycles. The summed E-state index contributed by atoms with van der Waals surface area (Å²) in [5.74, 6) is -1.70. The van der Waals surface area contributed by atoms with Crippen LogP contribution in [0, 0.1) is 5.82 Å². The number of hydrogen-bond donors (Lipinski definition) is 1. The Morgan fingerprint density at radius 3 is 2.73 bits per heavy atom. The van der Waals surface area contributed by atoms with Gasteiger partial charge >= 0.3 is 5.97 Å². The van der Waals surface area contributed by atoms with Gasteiger partial charge in [0.05, 0.1) is 0 Å². The first-order valence-electron chi connectivity index (χ1n) is 4.07. The van der Waals surface area contributed by atoms with Gasteiger partial charge in [-0.05, 0) is 24.3 Å². The van der Waals surface area contributed by atoms with Gasteiger partial charge < -0.3 is 5.11 Å². The molecule has 0 aliphatic rings. The van der Waals surface area contributed by atoms with Crippen molar-refractivity contribution < 1.29 is 14.3 Å². The lowest BCUT2D eigenvalue weighted by Crippen LogP contribution is -2.00. The van der Waals surface area contributed by atoms with Gasteiger partial charge in [0.25, 0.3) is 0 Å². The summed E-state index contributed by atoms with van der Waals surface area (Å²) >= 11 is 3.24. The number of carboxylic acids is 1. The maximum Gasteiger partial charge on any atom is 0.354 e. The maximum absolute atomic E-state index is 13.3. The van der Waals surface area contributed by atoms with E-state index in [0.717, 1.165) is 0 Å². The first-order valence-corrected chi connectivity index (χ1v) is 4.87. The normalized spacial score (nSPS) is 10.5. The van der Waals surface area contributed by atoms with Crippen molar-refractivity contribution in [2.24, 2.45) is 0 Å². The van der Waals surface area contributed by atoms with Gasteiger partial charge in [-0.15, -0.1) is 0 Å². The predicted molar refractivity (Wildman–Crippen MR) is 56.4 cm³/mol. The van der Waals surface area contributed by atoms with Crippen LogP contribution in [0.1, 0.15) is 10.5 Å². The molecule has 1 aromatic carbocycles. The van der Waals surface area contributed by atoms with Gasteiger partial charge in [-0.25, -0.2) is 14.2 Å². The molecule has 0 aliphatic heterocycles. The van der Waals surface area contributed by atoms with Gasteiger partial charge in [0.1, 0.15) is 17.0 Å². The van der Waals surface area contributed by atoms with Gasteiger partial charge in [0.15, 0.2) is 0 Å². The Morgan fingerprint density at radius 1 is 1.33 bits per heavy atom. The van der Waals surface area contributed by atoms with Crippen LogP contribution in [0.25, 0.3) is 10.9 Å². The summed E-state index contributed by atoms with van der Waals surface area (Å²) in [6, 6.07) is 5.67. The summed E-state index contributed by atoms with van der Waals surface area (Å²) in [5, 5.41) is 9.26. The molecule has 3 nitrogen and oxygen atoms in total. The number of nitrogens with zero attached hydrogens (tertiary/aromatic N) is 1. The number of halogens is 2. The van der Waals surface area contributed by atoms with Crippen molar-refractivity contribution in [3.63, 3.8) is 0 Å². The van der Waals surface area contributed by atoms with Crippen LogP contribution in [0.4, 0.5) is 4.39 Å². The number of pyridine rings is 1. The van der Waals surface area contributed by atoms with Gasteiger partial charge in [-0.1, -0.05) is 15.9 Å². The zero-order valence-electron chi connectivity index (χ0n) is 7.37. The molecule has 0 radical (unpaired) electrons. The number of carboxylic acid groups (broad SMARTS) is 1. The van der Waals surface area contributed by atoms with Crippen molar-refractivity contribution in [1.29, 1.82) is 0 Å². The lowest BCUT2D eigenvalue weighted by atomic mass is 10.2. The van der Waals surface area contributed by atoms with E-state index >= 15 is 0 Å². The van der Waals surface area contributed by atoms with Crippen LogP contribution in [-0.2, 0) is 0 Å². The Balaban J connectivity index is 2.81. The van der Waals surface area contributed by atoms with Crippen molar-refractivity contribution in [3.8, 4) is 0 Å². The smallest absolute Gasteiger partial charge is 0.354 e. The highest BCUT2D eigenvalue weighted by molar-refractivity contribution is 9.10. The van der Waals surface area contributed by atoms with E-state index < -0.39 is 11.8 Å². The predicted octanol–water partition coefficient (Wildman–Crippen LogP) is 2.83. The number of hydrogen-bond acceptors (Lipinski definition) is 2. The Kier molecular flexibility index (Phi) is 2.40. The fourth-order valence-corrected chi connectivity index (χ4v) is 1.72. The molecule has 0 saturated carbocycles. The molecule has 0 aliphatic carbocycles. The molecule has 0 unspecified atom stereocenters. The lowest BCUT2D eigenvalue weighted by molar-refractivity contribution is 0.0691. The van der Waals surface area contributed by atoms with E-state index in [1.54, 1.807) is 6.07 Å². The molecule has 0 atom stereocenters. The molecular weight excluding hydrogens is 265 g/mol. The van der Waals surface area contributed by atoms with Crippen molar-refractivity contribution in [2.45, 2.75) is 0 Å². The minimum atomic E-state index is -1.17. The van der Waals surface area contributed by atoms with E-state index in [1.807, 2.05) is 0 Å². The minimum absolute atomic E-state index is 0.0595. The summed E-state index contributed by atoms with van der Waals surface area (Å²) in [4.78, 5) is 14.4. The summed E-state index contributed by atoms with van der Waals surface area (Å²) in [7, 11) is 0. The van der Waals surface area contributed by atoms with E-state index in [1.165, 1.54) is 18.2 Å². The molecule has 1 N–H and O–H groups in total. The monoisotopic (exact) mass is 269 g/mol. The average Bonchev–Trinajstić information content (AvgIpc) is 2.23. The molecule has 0 amide bonds. The molecule has 15 heavy (non-hydrogen) atoms. The zero-order chi connectivity index (χ0) is 11.0. The van der Waals surface area contributed by atoms with Crippen LogP contribution in [0.15, 0.2) is 28.7 Å². The van der Waals surface area contributed by atoms with Crippen molar-refractivity contribution in [1.82, 2.24) is 4.98 Å². The van der Waals surface area contributed by atoms with Gasteiger partial charge in [0, 0.05) is 9.86 Å². The largest absolute Gasteiger partial charge is 0.477 e. The van der Waals surface area contributed by atoms with Gasteiger partial charge in [-0.2, -0.15) is 0 Å². The highest BCUT2D eigenvalue weighted by atomic mass is 79.9. The third-order valence-electron chi connectivity index (χ3n) is 1.97. The van der Waals surface area contributed by atoms with E-state index in [-0.39, 0.29) is 11.2 Å². The third kappa shape index (κ3) is 1.70. The number of rotatable bonds is 1. The number of benzene rings is 1. The highest BCUT2D eigenvalue weighted by Crippen LogP contribution is 2.24. The molecule has 76 valence electrons. The van der Waals surface area contributed by atoms with E-state index in [2.05, 4.69) is 20.9 Å². The highest BCUT2D eigenvalue weighted by Gasteiger charge is 2.10. The molecule has 1 heterocycles. The number of fused-ring (bicyclic) bond motifs is 1. The zero-order valence-corrected chi connectivity index (χ0v) is 8.95. The van der Waals surface area contributed by atoms with Crippen LogP contribution >= 0.6 is 15.9 Å². The second kappa shape index (κ2) is 3.58. The van der Waals surface area contributed by atoms with Crippen LogP contribution < -0.4 is 0 Å². The lowest BCUT2D eigenvalue weighted by Gasteiger charge is -2.02. The molecule has 0 saturated heterocycles. The summed E-state index contributed by atoms with van der Waals surface area (Å²) < 4.78 is 14.0. The second-order valence-electron chi connectivity index (χ2n) is 2.93. The topological polar surface area (TPSA) is 50.2 Å². The van der Waals surface area contributed by atoms with Crippen LogP contribution in [0.2, 0.25) is 0 Å². The number of aromatic nitrogens is 1. The second-order valence-corrected chi connectivity index (χ2v) is 3.78. The third-order valence-corrected chi connectivity index (χ3v) is 2.67. The van der Waals surface area contributed by atoms with Crippen molar-refractivity contribution in [3.05, 3.63) is 40.2 Å². The Bertz CT molecular complexity index is 556. The summed E-state index contributed by atoms with van der Waals surface area (Å²) in [6.07, 6.45) is 0.